The average Bonchev–Trinajstić information content (AvgIpc) is 3.82. The van der Waals surface area contributed by atoms with Gasteiger partial charge in [-0.1, -0.05) is 133 Å². The monoisotopic (exact) mass is 750 g/mol. The summed E-state index contributed by atoms with van der Waals surface area (Å²) in [5.41, 5.74) is 5.14. The lowest BCUT2D eigenvalue weighted by Gasteiger charge is -2.37. The number of ether oxygens (including phenoxy) is 4. The Balaban J connectivity index is 1.18. The normalized spacial score (nSPS) is 18.2. The Morgan fingerprint density at radius 1 is 0.696 bits per heavy atom. The molecule has 2 aromatic heterocycles. The van der Waals surface area contributed by atoms with Gasteiger partial charge in [0.05, 0.1) is 58.6 Å². The molecule has 284 valence electrons. The van der Waals surface area contributed by atoms with E-state index in [1.807, 2.05) is 114 Å². The molecule has 0 amide bonds. The van der Waals surface area contributed by atoms with Gasteiger partial charge in [-0.2, -0.15) is 9.97 Å². The zero-order valence-corrected chi connectivity index (χ0v) is 31.4. The quantitative estimate of drug-likeness (QED) is 0.101. The van der Waals surface area contributed by atoms with Gasteiger partial charge in [0, 0.05) is 5.92 Å². The van der Waals surface area contributed by atoms with Crippen molar-refractivity contribution >= 4 is 17.1 Å². The van der Waals surface area contributed by atoms with Crippen LogP contribution in [0.1, 0.15) is 40.3 Å². The molecule has 5 aromatic carbocycles. The highest BCUT2D eigenvalue weighted by Gasteiger charge is 2.45. The Bertz CT molecular complexity index is 2270. The van der Waals surface area contributed by atoms with Crippen molar-refractivity contribution in [3.63, 3.8) is 0 Å². The lowest BCUT2D eigenvalue weighted by molar-refractivity contribution is -0.0475. The second-order valence-corrected chi connectivity index (χ2v) is 14.0. The summed E-state index contributed by atoms with van der Waals surface area (Å²) in [6, 6.07) is 48.2. The van der Waals surface area contributed by atoms with E-state index in [1.54, 1.807) is 20.5 Å². The molecular formula is C46H45N5O5. The van der Waals surface area contributed by atoms with Crippen molar-refractivity contribution in [1.82, 2.24) is 19.5 Å². The smallest absolute Gasteiger partial charge is 0.246 e. The second-order valence-electron chi connectivity index (χ2n) is 14.0. The van der Waals surface area contributed by atoms with E-state index in [9.17, 15) is 5.11 Å². The highest BCUT2D eigenvalue weighted by molar-refractivity contribution is 5.78. The fourth-order valence-corrected chi connectivity index (χ4v) is 7.83. The molecule has 0 radical (unpaired) electrons. The number of nitrogens with one attached hydrogen (secondary N) is 1. The standard InChI is InChI=1S/C46H45N5O5/c1-53-37-25-23-36(24-26-37)46(34-19-11-5-12-20-34,35-21-13-6-14-22-35)50-45-48-43-41(44(49-45)54-2)47-31-51(43)39-27-40(56-29-33-17-9-4-10-18-33)38(42(39)52)30-55-28-32-15-7-3-8-16-32/h3-26,31,38-40,42,52H,27-30H2,1-2H3,(H,48,49,50)/t38-,39+,40+,42+/m1/s1/i43+1,44+1,47+1. The van der Waals surface area contributed by atoms with Crippen molar-refractivity contribution in [2.45, 2.75) is 43.4 Å². The molecule has 0 spiro atoms. The van der Waals surface area contributed by atoms with Gasteiger partial charge in [0.25, 0.3) is 0 Å². The predicted octanol–water partition coefficient (Wildman–Crippen LogP) is 7.97. The van der Waals surface area contributed by atoms with Crippen molar-refractivity contribution < 1.29 is 24.1 Å². The van der Waals surface area contributed by atoms with Crippen LogP contribution in [0.5, 0.6) is 11.6 Å². The number of aromatic nitrogens is 4. The first-order valence-electron chi connectivity index (χ1n) is 18.8. The summed E-state index contributed by atoms with van der Waals surface area (Å²) in [6.45, 7) is 1.18. The molecule has 1 aliphatic carbocycles. The average molecular weight is 751 g/mol. The molecule has 0 aliphatic heterocycles. The summed E-state index contributed by atoms with van der Waals surface area (Å²) < 4.78 is 26.1. The molecule has 2 N–H and O–H groups in total. The summed E-state index contributed by atoms with van der Waals surface area (Å²) in [5, 5.41) is 15.9. The van der Waals surface area contributed by atoms with Crippen LogP contribution in [0.15, 0.2) is 152 Å². The topological polar surface area (TPSA) is 113 Å². The molecule has 0 unspecified atom stereocenters. The van der Waals surface area contributed by atoms with Crippen LogP contribution in [0.4, 0.5) is 5.95 Å². The number of imidazole rings is 1. The number of anilines is 1. The lowest BCUT2D eigenvalue weighted by Crippen LogP contribution is -2.38. The van der Waals surface area contributed by atoms with E-state index in [1.165, 1.54) is 0 Å². The zero-order valence-electron chi connectivity index (χ0n) is 31.4. The molecule has 10 heteroatoms. The van der Waals surface area contributed by atoms with E-state index in [0.717, 1.165) is 33.6 Å². The Kier molecular flexibility index (Phi) is 11.0. The largest absolute Gasteiger partial charge is 0.497 e. The van der Waals surface area contributed by atoms with Crippen molar-refractivity contribution in [3.05, 3.63) is 180 Å². The number of benzene rings is 5. The van der Waals surface area contributed by atoms with E-state index < -0.39 is 17.7 Å². The number of rotatable bonds is 15. The maximum Gasteiger partial charge on any atom is 0.246 e. The molecule has 7 aromatic rings. The van der Waals surface area contributed by atoms with Crippen LogP contribution in [0.3, 0.4) is 0 Å². The van der Waals surface area contributed by atoms with Gasteiger partial charge in [0.2, 0.25) is 11.8 Å². The second kappa shape index (κ2) is 16.7. The van der Waals surface area contributed by atoms with Gasteiger partial charge in [0.1, 0.15) is 11.3 Å². The predicted molar refractivity (Wildman–Crippen MR) is 216 cm³/mol. The molecule has 0 bridgehead atoms. The fraction of sp³-hybridized carbons (Fsp3) is 0.239. The van der Waals surface area contributed by atoms with Crippen LogP contribution in [-0.4, -0.2) is 57.7 Å². The van der Waals surface area contributed by atoms with Gasteiger partial charge in [0.15, 0.2) is 11.2 Å². The Morgan fingerprint density at radius 2 is 1.27 bits per heavy atom. The van der Waals surface area contributed by atoms with E-state index in [-0.39, 0.29) is 12.0 Å². The Morgan fingerprint density at radius 3 is 1.86 bits per heavy atom. The summed E-state index contributed by atoms with van der Waals surface area (Å²) >= 11 is 0. The minimum absolute atomic E-state index is 0.288. The number of nitrogens with zero attached hydrogens (tertiary/aromatic N) is 4. The Labute approximate surface area is 326 Å². The van der Waals surface area contributed by atoms with E-state index >= 15 is 0 Å². The van der Waals surface area contributed by atoms with Crippen molar-refractivity contribution in [3.8, 4) is 11.6 Å². The molecule has 56 heavy (non-hydrogen) atoms. The zero-order chi connectivity index (χ0) is 38.3. The molecule has 4 atom stereocenters. The maximum absolute atomic E-state index is 12.1. The number of methoxy groups -OCH3 is 2. The molecule has 1 saturated carbocycles. The molecule has 1 fully saturated rings. The maximum atomic E-state index is 12.1. The van der Waals surface area contributed by atoms with E-state index in [0.29, 0.717) is 49.2 Å². The van der Waals surface area contributed by atoms with Gasteiger partial charge in [-0.15, -0.1) is 0 Å². The van der Waals surface area contributed by atoms with Gasteiger partial charge in [-0.3, -0.25) is 0 Å². The highest BCUT2D eigenvalue weighted by Crippen LogP contribution is 2.43. The number of hydrogen-bond acceptors (Lipinski definition) is 9. The molecule has 8 rings (SSSR count). The molecule has 0 saturated heterocycles. The molecular weight excluding hydrogens is 706 g/mol. The number of fused-ring (bicyclic) bond motifs is 1. The first-order valence-corrected chi connectivity index (χ1v) is 18.8. The summed E-state index contributed by atoms with van der Waals surface area (Å²) in [7, 11) is 3.24. The van der Waals surface area contributed by atoms with Crippen molar-refractivity contribution in [2.75, 3.05) is 26.1 Å². The SMILES string of the molecule is COc1ccc(C(Nc2n[13c](OC)c3[15n]cn([C@H]4C[C@H](OCc5ccccc5)[C@@H](COCc5ccccc5)[C@@H]4O)[13c]3n2)(c2ccccc2)c2ccccc2)cc1. The first kappa shape index (κ1) is 36.9. The minimum Gasteiger partial charge on any atom is -0.497 e. The van der Waals surface area contributed by atoms with Gasteiger partial charge >= 0.3 is 0 Å². The van der Waals surface area contributed by atoms with Crippen LogP contribution < -0.4 is 14.8 Å². The summed E-state index contributed by atoms with van der Waals surface area (Å²) in [5.74, 6) is 1.09. The van der Waals surface area contributed by atoms with Gasteiger partial charge < -0.3 is 33.9 Å². The molecule has 2 heterocycles. The first-order chi connectivity index (χ1) is 27.6. The van der Waals surface area contributed by atoms with E-state index in [2.05, 4.69) is 41.7 Å². The van der Waals surface area contributed by atoms with Gasteiger partial charge in [-0.25, -0.2) is 4.98 Å². The lowest BCUT2D eigenvalue weighted by atomic mass is 9.77. The Hall–Kier alpha value is -6.07. The number of aliphatic hydroxyl groups excluding tert-OH is 1. The van der Waals surface area contributed by atoms with Crippen molar-refractivity contribution in [2.24, 2.45) is 5.92 Å². The third kappa shape index (κ3) is 7.46. The third-order valence-corrected chi connectivity index (χ3v) is 10.7. The molecule has 1 aliphatic rings. The third-order valence-electron chi connectivity index (χ3n) is 10.7. The van der Waals surface area contributed by atoms with E-state index in [4.69, 9.17) is 33.9 Å². The van der Waals surface area contributed by atoms with Crippen LogP contribution in [-0.2, 0) is 28.2 Å². The van der Waals surface area contributed by atoms with Crippen LogP contribution in [0.2, 0.25) is 0 Å². The number of hydrogen-bond donors (Lipinski definition) is 2. The number of aliphatic hydroxyl groups is 1. The highest BCUT2D eigenvalue weighted by atomic mass is 16.5. The van der Waals surface area contributed by atoms with Crippen molar-refractivity contribution in [1.29, 1.82) is 0 Å². The fourth-order valence-electron chi connectivity index (χ4n) is 7.83. The molecule has 10 nitrogen and oxygen atoms in total. The van der Waals surface area contributed by atoms with Gasteiger partial charge in [-0.05, 0) is 46.4 Å². The summed E-state index contributed by atoms with van der Waals surface area (Å²) in [6.07, 6.45) is 1.14. The van der Waals surface area contributed by atoms with Crippen LogP contribution >= 0.6 is 0 Å². The summed E-state index contributed by atoms with van der Waals surface area (Å²) in [4.78, 5) is 14.8. The minimum atomic E-state index is -0.928. The van der Waals surface area contributed by atoms with Crippen LogP contribution in [0.25, 0.3) is 11.2 Å². The van der Waals surface area contributed by atoms with Crippen LogP contribution in [0, 0.1) is 5.92 Å².